The van der Waals surface area contributed by atoms with E-state index >= 15 is 0 Å². The second kappa shape index (κ2) is 6.83. The van der Waals surface area contributed by atoms with E-state index in [1.54, 1.807) is 12.1 Å². The van der Waals surface area contributed by atoms with Crippen LogP contribution in [0.3, 0.4) is 0 Å². The summed E-state index contributed by atoms with van der Waals surface area (Å²) >= 11 is 3.17. The zero-order valence-electron chi connectivity index (χ0n) is 10.4. The van der Waals surface area contributed by atoms with E-state index in [-0.39, 0.29) is 12.5 Å². The van der Waals surface area contributed by atoms with Gasteiger partial charge in [-0.3, -0.25) is 4.79 Å². The van der Waals surface area contributed by atoms with Gasteiger partial charge in [-0.1, -0.05) is 22.0 Å². The van der Waals surface area contributed by atoms with Crippen molar-refractivity contribution in [1.29, 1.82) is 0 Å². The summed E-state index contributed by atoms with van der Waals surface area (Å²) in [6, 6.07) is 5.25. The Hall–Kier alpha value is -0.970. The number of rotatable bonds is 5. The van der Waals surface area contributed by atoms with Gasteiger partial charge in [0.2, 0.25) is 0 Å². The van der Waals surface area contributed by atoms with E-state index in [4.69, 9.17) is 0 Å². The first-order valence-electron chi connectivity index (χ1n) is 5.66. The molecule has 0 radical (unpaired) electrons. The molecule has 1 aromatic carbocycles. The fraction of sp³-hybridized carbons (Fsp3) is 0.462. The van der Waals surface area contributed by atoms with Gasteiger partial charge >= 0.3 is 0 Å². The van der Waals surface area contributed by atoms with E-state index in [2.05, 4.69) is 15.9 Å². The van der Waals surface area contributed by atoms with E-state index in [1.807, 2.05) is 19.9 Å². The molecule has 2 nitrogen and oxygen atoms in total. The predicted molar refractivity (Wildman–Crippen MR) is 71.6 cm³/mol. The van der Waals surface area contributed by atoms with Crippen LogP contribution < -0.4 is 0 Å². The number of aryl methyl sites for hydroxylation is 2. The molecule has 5 heteroatoms. The monoisotopic (exact) mass is 319 g/mol. The zero-order valence-corrected chi connectivity index (χ0v) is 12.0. The average molecular weight is 320 g/mol. The topological polar surface area (TPSA) is 20.3 Å². The van der Waals surface area contributed by atoms with Gasteiger partial charge in [0.25, 0.3) is 12.3 Å². The molecule has 0 spiro atoms. The summed E-state index contributed by atoms with van der Waals surface area (Å²) in [6.45, 7) is 3.58. The Bertz CT molecular complexity index is 423. The zero-order chi connectivity index (χ0) is 13.7. The van der Waals surface area contributed by atoms with Crippen molar-refractivity contribution in [2.24, 2.45) is 0 Å². The lowest BCUT2D eigenvalue weighted by Gasteiger charge is -2.21. The van der Waals surface area contributed by atoms with E-state index in [1.165, 1.54) is 4.90 Å². The Morgan fingerprint density at radius 2 is 2.00 bits per heavy atom. The van der Waals surface area contributed by atoms with Gasteiger partial charge < -0.3 is 4.90 Å². The largest absolute Gasteiger partial charge is 0.332 e. The molecule has 0 atom stereocenters. The third-order valence-corrected chi connectivity index (χ3v) is 3.11. The van der Waals surface area contributed by atoms with Crippen molar-refractivity contribution in [2.45, 2.75) is 20.3 Å². The lowest BCUT2D eigenvalue weighted by atomic mass is 10.1. The third kappa shape index (κ3) is 4.05. The molecule has 0 unspecified atom stereocenters. The van der Waals surface area contributed by atoms with Gasteiger partial charge in [-0.25, -0.2) is 8.78 Å². The van der Waals surface area contributed by atoms with Gasteiger partial charge in [0, 0.05) is 17.4 Å². The number of benzene rings is 1. The van der Waals surface area contributed by atoms with Gasteiger partial charge in [-0.15, -0.1) is 0 Å². The van der Waals surface area contributed by atoms with Crippen LogP contribution in [0.1, 0.15) is 21.5 Å². The number of amides is 1. The van der Waals surface area contributed by atoms with Crippen LogP contribution in [0, 0.1) is 13.8 Å². The minimum absolute atomic E-state index is 0.274. The van der Waals surface area contributed by atoms with Crippen molar-refractivity contribution in [1.82, 2.24) is 4.90 Å². The van der Waals surface area contributed by atoms with Crippen molar-refractivity contribution in [3.63, 3.8) is 0 Å². The molecular formula is C13H16BrF2NO. The maximum Gasteiger partial charge on any atom is 0.255 e. The van der Waals surface area contributed by atoms with E-state index in [9.17, 15) is 13.6 Å². The van der Waals surface area contributed by atoms with Crippen molar-refractivity contribution in [3.8, 4) is 0 Å². The molecule has 0 bridgehead atoms. The second-order valence-electron chi connectivity index (χ2n) is 4.13. The highest BCUT2D eigenvalue weighted by Crippen LogP contribution is 2.13. The summed E-state index contributed by atoms with van der Waals surface area (Å²) < 4.78 is 24.8. The van der Waals surface area contributed by atoms with E-state index < -0.39 is 13.0 Å². The lowest BCUT2D eigenvalue weighted by molar-refractivity contribution is 0.0572. The highest BCUT2D eigenvalue weighted by Gasteiger charge is 2.19. The molecule has 0 aliphatic carbocycles. The summed E-state index contributed by atoms with van der Waals surface area (Å²) in [7, 11) is 0. The summed E-state index contributed by atoms with van der Waals surface area (Å²) in [5.41, 5.74) is 2.52. The highest BCUT2D eigenvalue weighted by atomic mass is 79.9. The summed E-state index contributed by atoms with van der Waals surface area (Å²) in [5.74, 6) is -0.349. The predicted octanol–water partition coefficient (Wildman–Crippen LogP) is 3.41. The van der Waals surface area contributed by atoms with Crippen LogP contribution in [-0.4, -0.2) is 35.7 Å². The second-order valence-corrected chi connectivity index (χ2v) is 4.92. The fourth-order valence-electron chi connectivity index (χ4n) is 1.60. The Labute approximate surface area is 114 Å². The molecule has 0 fully saturated rings. The lowest BCUT2D eigenvalue weighted by Crippen LogP contribution is -2.36. The Morgan fingerprint density at radius 1 is 1.33 bits per heavy atom. The Balaban J connectivity index is 2.90. The molecule has 1 rings (SSSR count). The van der Waals surface area contributed by atoms with Crippen molar-refractivity contribution in [3.05, 3.63) is 34.9 Å². The number of carbonyl (C=O) groups is 1. The molecule has 1 amide bonds. The molecule has 0 N–H and O–H groups in total. The van der Waals surface area contributed by atoms with E-state index in [0.29, 0.717) is 10.9 Å². The molecule has 0 saturated heterocycles. The molecule has 0 saturated carbocycles. The number of carbonyl (C=O) groups excluding carboxylic acids is 1. The first-order valence-corrected chi connectivity index (χ1v) is 6.78. The summed E-state index contributed by atoms with van der Waals surface area (Å²) in [6.07, 6.45) is -2.51. The molecule has 0 heterocycles. The van der Waals surface area contributed by atoms with Crippen molar-refractivity contribution in [2.75, 3.05) is 18.4 Å². The smallest absolute Gasteiger partial charge is 0.255 e. The standard InChI is InChI=1S/C13H16BrF2NO/c1-9-3-4-11(7-10(9)2)13(18)17(6-5-14)8-12(15)16/h3-4,7,12H,5-6,8H2,1-2H3. The van der Waals surface area contributed by atoms with E-state index in [0.717, 1.165) is 11.1 Å². The maximum atomic E-state index is 12.4. The number of hydrogen-bond acceptors (Lipinski definition) is 1. The average Bonchev–Trinajstić information content (AvgIpc) is 2.31. The molecule has 0 aliphatic heterocycles. The minimum atomic E-state index is -2.51. The summed E-state index contributed by atoms with van der Waals surface area (Å²) in [4.78, 5) is 13.3. The highest BCUT2D eigenvalue weighted by molar-refractivity contribution is 9.09. The van der Waals surface area contributed by atoms with Gasteiger partial charge in [0.15, 0.2) is 0 Å². The van der Waals surface area contributed by atoms with Gasteiger partial charge in [-0.2, -0.15) is 0 Å². The molecule has 0 aromatic heterocycles. The van der Waals surface area contributed by atoms with Gasteiger partial charge in [-0.05, 0) is 37.1 Å². The van der Waals surface area contributed by atoms with Crippen LogP contribution >= 0.6 is 15.9 Å². The normalized spacial score (nSPS) is 10.8. The van der Waals surface area contributed by atoms with Gasteiger partial charge in [0.1, 0.15) is 0 Å². The number of alkyl halides is 3. The van der Waals surface area contributed by atoms with Crippen molar-refractivity contribution < 1.29 is 13.6 Å². The number of halogens is 3. The first-order chi connectivity index (χ1) is 8.45. The maximum absolute atomic E-state index is 12.4. The van der Waals surface area contributed by atoms with Crippen LogP contribution in [-0.2, 0) is 0 Å². The molecule has 1 aromatic rings. The molecule has 100 valence electrons. The minimum Gasteiger partial charge on any atom is -0.332 e. The fourth-order valence-corrected chi connectivity index (χ4v) is 2.03. The Kier molecular flexibility index (Phi) is 5.72. The summed E-state index contributed by atoms with van der Waals surface area (Å²) in [5, 5.41) is 0.482. The first kappa shape index (κ1) is 15.1. The third-order valence-electron chi connectivity index (χ3n) is 2.75. The number of hydrogen-bond donors (Lipinski definition) is 0. The van der Waals surface area contributed by atoms with Crippen LogP contribution in [0.5, 0.6) is 0 Å². The Morgan fingerprint density at radius 3 is 2.50 bits per heavy atom. The van der Waals surface area contributed by atoms with Crippen LogP contribution in [0.2, 0.25) is 0 Å². The van der Waals surface area contributed by atoms with Crippen LogP contribution in [0.15, 0.2) is 18.2 Å². The molecule has 18 heavy (non-hydrogen) atoms. The SMILES string of the molecule is Cc1ccc(C(=O)N(CCBr)CC(F)F)cc1C. The van der Waals surface area contributed by atoms with Crippen LogP contribution in [0.25, 0.3) is 0 Å². The number of nitrogens with zero attached hydrogens (tertiary/aromatic N) is 1. The molecule has 0 aliphatic rings. The van der Waals surface area contributed by atoms with Gasteiger partial charge in [0.05, 0.1) is 6.54 Å². The van der Waals surface area contributed by atoms with Crippen molar-refractivity contribution >= 4 is 21.8 Å². The van der Waals surface area contributed by atoms with Crippen LogP contribution in [0.4, 0.5) is 8.78 Å². The molecular weight excluding hydrogens is 304 g/mol. The quantitative estimate of drug-likeness (QED) is 0.762.